The second-order valence-electron chi connectivity index (χ2n) is 6.21. The Balaban J connectivity index is 2.51. The Morgan fingerprint density at radius 1 is 1.18 bits per heavy atom. The topological polar surface area (TPSA) is 55.8 Å². The van der Waals surface area contributed by atoms with Gasteiger partial charge in [0.1, 0.15) is 11.3 Å². The summed E-state index contributed by atoms with van der Waals surface area (Å²) >= 11 is 0. The first-order valence-electron chi connectivity index (χ1n) is 7.17. The number of para-hydroxylation sites is 1. The van der Waals surface area contributed by atoms with Gasteiger partial charge in [-0.25, -0.2) is 14.5 Å². The molecule has 0 saturated carbocycles. The van der Waals surface area contributed by atoms with Gasteiger partial charge in [0.05, 0.1) is 12.8 Å². The van der Waals surface area contributed by atoms with Crippen LogP contribution in [0.4, 0.5) is 10.5 Å². The van der Waals surface area contributed by atoms with Crippen LogP contribution in [0.5, 0.6) is 0 Å². The van der Waals surface area contributed by atoms with Crippen molar-refractivity contribution < 1.29 is 19.1 Å². The molecule has 1 heterocycles. The van der Waals surface area contributed by atoms with Crippen LogP contribution >= 0.6 is 0 Å². The summed E-state index contributed by atoms with van der Waals surface area (Å²) in [5.41, 5.74) is 1.13. The van der Waals surface area contributed by atoms with Crippen molar-refractivity contribution in [1.82, 2.24) is 0 Å². The lowest BCUT2D eigenvalue weighted by Crippen LogP contribution is -2.41. The number of esters is 1. The summed E-state index contributed by atoms with van der Waals surface area (Å²) in [5, 5.41) is 0. The molecular weight excluding hydrogens is 282 g/mol. The molecule has 5 nitrogen and oxygen atoms in total. The fourth-order valence-electron chi connectivity index (χ4n) is 2.38. The minimum absolute atomic E-state index is 0.00369. The van der Waals surface area contributed by atoms with Crippen molar-refractivity contribution in [3.05, 3.63) is 41.6 Å². The fraction of sp³-hybridized carbons (Fsp3) is 0.412. The molecule has 1 unspecified atom stereocenters. The molecule has 0 radical (unpaired) electrons. The number of anilines is 1. The summed E-state index contributed by atoms with van der Waals surface area (Å²) in [6, 6.07) is 7.45. The van der Waals surface area contributed by atoms with Crippen LogP contribution in [0, 0.1) is 0 Å². The van der Waals surface area contributed by atoms with E-state index in [0.717, 1.165) is 5.56 Å². The maximum Gasteiger partial charge on any atom is 0.419 e. The molecule has 2 rings (SSSR count). The van der Waals surface area contributed by atoms with E-state index in [2.05, 4.69) is 0 Å². The molecule has 0 fully saturated rings. The normalized spacial score (nSPS) is 17.4. The van der Waals surface area contributed by atoms with E-state index in [1.165, 1.54) is 12.0 Å². The molecule has 1 atom stereocenters. The number of fused-ring (bicyclic) bond motifs is 1. The van der Waals surface area contributed by atoms with Crippen molar-refractivity contribution in [2.24, 2.45) is 0 Å². The van der Waals surface area contributed by atoms with Crippen LogP contribution in [0.15, 0.2) is 36.0 Å². The molecule has 0 bridgehead atoms. The zero-order valence-corrected chi connectivity index (χ0v) is 13.5. The number of methoxy groups -OCH3 is 1. The summed E-state index contributed by atoms with van der Waals surface area (Å²) in [7, 11) is 1.29. The Morgan fingerprint density at radius 3 is 2.41 bits per heavy atom. The molecule has 118 valence electrons. The lowest BCUT2D eigenvalue weighted by atomic mass is 9.93. The maximum absolute atomic E-state index is 12.6. The summed E-state index contributed by atoms with van der Waals surface area (Å²) in [4.78, 5) is 25.9. The predicted molar refractivity (Wildman–Crippen MR) is 83.7 cm³/mol. The number of rotatable bonds is 1. The molecule has 0 N–H and O–H groups in total. The van der Waals surface area contributed by atoms with Gasteiger partial charge in [0, 0.05) is 5.92 Å². The molecule has 1 amide bonds. The number of nitrogens with zero attached hydrogens (tertiary/aromatic N) is 1. The SMILES string of the molecule is COC(=O)C1=CC(C)c2ccccc2N1C(=O)OC(C)(C)C. The number of allylic oxidation sites excluding steroid dienone is 1. The van der Waals surface area contributed by atoms with Gasteiger partial charge in [-0.2, -0.15) is 0 Å². The monoisotopic (exact) mass is 303 g/mol. The zero-order valence-electron chi connectivity index (χ0n) is 13.5. The van der Waals surface area contributed by atoms with E-state index in [1.54, 1.807) is 32.9 Å². The van der Waals surface area contributed by atoms with E-state index in [9.17, 15) is 9.59 Å². The highest BCUT2D eigenvalue weighted by atomic mass is 16.6. The quantitative estimate of drug-likeness (QED) is 0.744. The smallest absolute Gasteiger partial charge is 0.419 e. The van der Waals surface area contributed by atoms with Crippen molar-refractivity contribution in [2.75, 3.05) is 12.0 Å². The first-order valence-corrected chi connectivity index (χ1v) is 7.17. The number of hydrogen-bond acceptors (Lipinski definition) is 4. The molecule has 1 aliphatic rings. The third-order valence-corrected chi connectivity index (χ3v) is 3.29. The number of hydrogen-bond donors (Lipinski definition) is 0. The Morgan fingerprint density at radius 2 is 1.82 bits per heavy atom. The molecule has 1 aromatic rings. The van der Waals surface area contributed by atoms with Gasteiger partial charge in [-0.1, -0.05) is 25.1 Å². The van der Waals surface area contributed by atoms with Gasteiger partial charge in [0.25, 0.3) is 0 Å². The average molecular weight is 303 g/mol. The standard InChI is InChI=1S/C17H21NO4/c1-11-10-14(15(19)21-5)18(16(20)22-17(2,3)4)13-9-7-6-8-12(11)13/h6-11H,1-5H3. The van der Waals surface area contributed by atoms with Gasteiger partial charge in [0.2, 0.25) is 0 Å². The predicted octanol–water partition coefficient (Wildman–Crippen LogP) is 3.60. The Hall–Kier alpha value is -2.30. The second-order valence-corrected chi connectivity index (χ2v) is 6.21. The Bertz CT molecular complexity index is 628. The average Bonchev–Trinajstić information content (AvgIpc) is 2.44. The van der Waals surface area contributed by atoms with Crippen molar-refractivity contribution in [1.29, 1.82) is 0 Å². The highest BCUT2D eigenvalue weighted by Gasteiger charge is 2.35. The molecule has 0 aliphatic carbocycles. The van der Waals surface area contributed by atoms with E-state index in [4.69, 9.17) is 9.47 Å². The summed E-state index contributed by atoms with van der Waals surface area (Å²) in [6.45, 7) is 7.31. The van der Waals surface area contributed by atoms with Crippen LogP contribution in [0.3, 0.4) is 0 Å². The Labute approximate surface area is 130 Å². The number of ether oxygens (including phenoxy) is 2. The van der Waals surface area contributed by atoms with E-state index in [-0.39, 0.29) is 11.6 Å². The van der Waals surface area contributed by atoms with Crippen LogP contribution < -0.4 is 4.90 Å². The number of carbonyl (C=O) groups is 2. The largest absolute Gasteiger partial charge is 0.464 e. The van der Waals surface area contributed by atoms with Crippen LogP contribution in [0.2, 0.25) is 0 Å². The highest BCUT2D eigenvalue weighted by Crippen LogP contribution is 2.37. The van der Waals surface area contributed by atoms with Gasteiger partial charge in [-0.05, 0) is 38.5 Å². The van der Waals surface area contributed by atoms with Crippen molar-refractivity contribution in [2.45, 2.75) is 39.2 Å². The van der Waals surface area contributed by atoms with Crippen molar-refractivity contribution >= 4 is 17.7 Å². The number of benzene rings is 1. The van der Waals surface area contributed by atoms with Crippen LogP contribution in [0.1, 0.15) is 39.2 Å². The lowest BCUT2D eigenvalue weighted by Gasteiger charge is -2.33. The van der Waals surface area contributed by atoms with E-state index >= 15 is 0 Å². The third kappa shape index (κ3) is 3.13. The molecular formula is C17H21NO4. The highest BCUT2D eigenvalue weighted by molar-refractivity contribution is 6.05. The van der Waals surface area contributed by atoms with E-state index in [1.807, 2.05) is 25.1 Å². The Kier molecular flexibility index (Phi) is 4.26. The molecule has 0 saturated heterocycles. The fourth-order valence-corrected chi connectivity index (χ4v) is 2.38. The van der Waals surface area contributed by atoms with Gasteiger partial charge in [-0.3, -0.25) is 0 Å². The summed E-state index contributed by atoms with van der Waals surface area (Å²) in [6.07, 6.45) is 1.13. The second kappa shape index (κ2) is 5.83. The molecule has 0 spiro atoms. The van der Waals surface area contributed by atoms with Crippen LogP contribution in [-0.2, 0) is 14.3 Å². The van der Waals surface area contributed by atoms with Crippen molar-refractivity contribution in [3.63, 3.8) is 0 Å². The summed E-state index contributed by atoms with van der Waals surface area (Å²) < 4.78 is 10.2. The van der Waals surface area contributed by atoms with Gasteiger partial charge < -0.3 is 9.47 Å². The minimum Gasteiger partial charge on any atom is -0.464 e. The van der Waals surface area contributed by atoms with Crippen LogP contribution in [-0.4, -0.2) is 24.8 Å². The van der Waals surface area contributed by atoms with E-state index in [0.29, 0.717) is 5.69 Å². The van der Waals surface area contributed by atoms with Gasteiger partial charge in [0.15, 0.2) is 0 Å². The molecule has 5 heteroatoms. The number of carbonyl (C=O) groups excluding carboxylic acids is 2. The number of amides is 1. The molecule has 1 aliphatic heterocycles. The first kappa shape index (κ1) is 16.1. The lowest BCUT2D eigenvalue weighted by molar-refractivity contribution is -0.136. The first-order chi connectivity index (χ1) is 10.2. The molecule has 0 aromatic heterocycles. The maximum atomic E-state index is 12.6. The zero-order chi connectivity index (χ0) is 16.5. The molecule has 22 heavy (non-hydrogen) atoms. The van der Waals surface area contributed by atoms with Gasteiger partial charge >= 0.3 is 12.1 Å². The van der Waals surface area contributed by atoms with E-state index < -0.39 is 17.7 Å². The van der Waals surface area contributed by atoms with Crippen molar-refractivity contribution in [3.8, 4) is 0 Å². The minimum atomic E-state index is -0.656. The molecule has 1 aromatic carbocycles. The third-order valence-electron chi connectivity index (χ3n) is 3.29. The van der Waals surface area contributed by atoms with Crippen LogP contribution in [0.25, 0.3) is 0 Å². The summed E-state index contributed by atoms with van der Waals surface area (Å²) in [5.74, 6) is -0.559. The van der Waals surface area contributed by atoms with Gasteiger partial charge in [-0.15, -0.1) is 0 Å².